The van der Waals surface area contributed by atoms with Crippen LogP contribution in [0.2, 0.25) is 0 Å². The molecule has 0 bridgehead atoms. The lowest BCUT2D eigenvalue weighted by Gasteiger charge is -2.14. The number of rotatable bonds is 6. The minimum atomic E-state index is -0.626. The zero-order chi connectivity index (χ0) is 21.6. The highest BCUT2D eigenvalue weighted by Crippen LogP contribution is 2.23. The van der Waals surface area contributed by atoms with Crippen LogP contribution in [0.25, 0.3) is 11.1 Å². The molecule has 0 radical (unpaired) electrons. The third-order valence-corrected chi connectivity index (χ3v) is 5.26. The van der Waals surface area contributed by atoms with Crippen molar-refractivity contribution < 1.29 is 18.7 Å². The number of amides is 2. The summed E-state index contributed by atoms with van der Waals surface area (Å²) in [4.78, 5) is 25.3. The van der Waals surface area contributed by atoms with Crippen molar-refractivity contribution in [2.45, 2.75) is 18.9 Å². The molecule has 0 aromatic heterocycles. The third-order valence-electron chi connectivity index (χ3n) is 5.26. The first kappa shape index (κ1) is 20.8. The first-order valence-electron chi connectivity index (χ1n) is 10.3. The van der Waals surface area contributed by atoms with E-state index < -0.39 is 11.7 Å². The van der Waals surface area contributed by atoms with Gasteiger partial charge in [0.1, 0.15) is 5.82 Å². The van der Waals surface area contributed by atoms with Gasteiger partial charge in [0, 0.05) is 13.2 Å². The Morgan fingerprint density at radius 1 is 0.903 bits per heavy atom. The van der Waals surface area contributed by atoms with Gasteiger partial charge in [-0.2, -0.15) is 0 Å². The van der Waals surface area contributed by atoms with Crippen molar-refractivity contribution in [3.63, 3.8) is 0 Å². The monoisotopic (exact) mass is 418 g/mol. The second kappa shape index (κ2) is 9.53. The minimum Gasteiger partial charge on any atom is -0.376 e. The molecule has 158 valence electrons. The number of halogens is 1. The quantitative estimate of drug-likeness (QED) is 0.612. The molecule has 0 saturated carbocycles. The molecule has 6 heteroatoms. The summed E-state index contributed by atoms with van der Waals surface area (Å²) in [7, 11) is 0. The van der Waals surface area contributed by atoms with Gasteiger partial charge in [0.15, 0.2) is 0 Å². The van der Waals surface area contributed by atoms with Crippen LogP contribution in [0, 0.1) is 5.82 Å². The number of para-hydroxylation sites is 1. The van der Waals surface area contributed by atoms with Crippen LogP contribution in [-0.2, 0) is 4.74 Å². The van der Waals surface area contributed by atoms with Gasteiger partial charge in [-0.15, -0.1) is 0 Å². The number of nitrogens with one attached hydrogen (secondary N) is 2. The SMILES string of the molecule is O=C(Nc1ccccc1C(=O)NC[C@@H]1CCCO1)c1ccc(-c2ccccc2)cc1F. The van der Waals surface area contributed by atoms with Crippen LogP contribution in [0.3, 0.4) is 0 Å². The van der Waals surface area contributed by atoms with Gasteiger partial charge in [-0.05, 0) is 48.2 Å². The highest BCUT2D eigenvalue weighted by molar-refractivity contribution is 6.09. The second-order valence-corrected chi connectivity index (χ2v) is 7.41. The lowest BCUT2D eigenvalue weighted by atomic mass is 10.0. The molecular formula is C25H23FN2O3. The molecule has 1 atom stereocenters. The highest BCUT2D eigenvalue weighted by Gasteiger charge is 2.19. The number of anilines is 1. The Bertz CT molecular complexity index is 1080. The van der Waals surface area contributed by atoms with Crippen molar-refractivity contribution >= 4 is 17.5 Å². The van der Waals surface area contributed by atoms with Gasteiger partial charge in [-0.3, -0.25) is 9.59 Å². The molecule has 0 aliphatic carbocycles. The molecule has 1 fully saturated rings. The van der Waals surface area contributed by atoms with Crippen LogP contribution in [0.1, 0.15) is 33.6 Å². The predicted octanol–water partition coefficient (Wildman–Crippen LogP) is 4.65. The van der Waals surface area contributed by atoms with E-state index in [0.717, 1.165) is 18.4 Å². The van der Waals surface area contributed by atoms with Crippen molar-refractivity contribution in [3.05, 3.63) is 89.7 Å². The lowest BCUT2D eigenvalue weighted by molar-refractivity contribution is 0.0858. The fraction of sp³-hybridized carbons (Fsp3) is 0.200. The van der Waals surface area contributed by atoms with E-state index in [1.54, 1.807) is 30.3 Å². The molecular weight excluding hydrogens is 395 g/mol. The molecule has 5 nitrogen and oxygen atoms in total. The Labute approximate surface area is 180 Å². The van der Waals surface area contributed by atoms with E-state index in [9.17, 15) is 14.0 Å². The molecule has 4 rings (SSSR count). The lowest BCUT2D eigenvalue weighted by Crippen LogP contribution is -2.32. The maximum absolute atomic E-state index is 14.7. The van der Waals surface area contributed by atoms with Gasteiger partial charge in [-0.1, -0.05) is 48.5 Å². The van der Waals surface area contributed by atoms with Crippen LogP contribution in [0.4, 0.5) is 10.1 Å². The Hall–Kier alpha value is -3.51. The molecule has 2 N–H and O–H groups in total. The number of ether oxygens (including phenoxy) is 1. The summed E-state index contributed by atoms with van der Waals surface area (Å²) < 4.78 is 20.2. The first-order valence-corrected chi connectivity index (χ1v) is 10.3. The summed E-state index contributed by atoms with van der Waals surface area (Å²) >= 11 is 0. The summed E-state index contributed by atoms with van der Waals surface area (Å²) in [5.41, 5.74) is 2.10. The molecule has 0 spiro atoms. The van der Waals surface area contributed by atoms with E-state index in [4.69, 9.17) is 4.74 Å². The van der Waals surface area contributed by atoms with Crippen LogP contribution in [0.5, 0.6) is 0 Å². The molecule has 1 saturated heterocycles. The van der Waals surface area contributed by atoms with E-state index >= 15 is 0 Å². The van der Waals surface area contributed by atoms with E-state index in [1.165, 1.54) is 12.1 Å². The van der Waals surface area contributed by atoms with Crippen molar-refractivity contribution in [1.29, 1.82) is 0 Å². The highest BCUT2D eigenvalue weighted by atomic mass is 19.1. The maximum Gasteiger partial charge on any atom is 0.258 e. The van der Waals surface area contributed by atoms with Gasteiger partial charge in [0.05, 0.1) is 22.9 Å². The number of benzene rings is 3. The average Bonchev–Trinajstić information content (AvgIpc) is 3.32. The number of hydrogen-bond donors (Lipinski definition) is 2. The Balaban J connectivity index is 1.48. The van der Waals surface area contributed by atoms with Crippen molar-refractivity contribution in [2.75, 3.05) is 18.5 Å². The van der Waals surface area contributed by atoms with Gasteiger partial charge in [-0.25, -0.2) is 4.39 Å². The Morgan fingerprint density at radius 2 is 1.68 bits per heavy atom. The minimum absolute atomic E-state index is 0.0166. The zero-order valence-electron chi connectivity index (χ0n) is 16.9. The number of carbonyl (C=O) groups is 2. The van der Waals surface area contributed by atoms with Gasteiger partial charge >= 0.3 is 0 Å². The fourth-order valence-electron chi connectivity index (χ4n) is 3.60. The van der Waals surface area contributed by atoms with Gasteiger partial charge in [0.25, 0.3) is 11.8 Å². The third kappa shape index (κ3) is 4.98. The van der Waals surface area contributed by atoms with Crippen molar-refractivity contribution in [3.8, 4) is 11.1 Å². The second-order valence-electron chi connectivity index (χ2n) is 7.41. The average molecular weight is 418 g/mol. The predicted molar refractivity (Wildman–Crippen MR) is 118 cm³/mol. The molecule has 1 aliphatic heterocycles. The van der Waals surface area contributed by atoms with Crippen LogP contribution in [-0.4, -0.2) is 31.1 Å². The molecule has 0 unspecified atom stereocenters. The summed E-state index contributed by atoms with van der Waals surface area (Å²) in [5, 5.41) is 5.51. The molecule has 2 amide bonds. The normalized spacial score (nSPS) is 15.5. The zero-order valence-corrected chi connectivity index (χ0v) is 16.9. The van der Waals surface area contributed by atoms with Gasteiger partial charge in [0.2, 0.25) is 0 Å². The summed E-state index contributed by atoms with van der Waals surface area (Å²) in [6, 6.07) is 20.5. The number of hydrogen-bond acceptors (Lipinski definition) is 3. The summed E-state index contributed by atoms with van der Waals surface area (Å²) in [5.74, 6) is -1.55. The first-order chi connectivity index (χ1) is 15.1. The van der Waals surface area contributed by atoms with Crippen molar-refractivity contribution in [2.24, 2.45) is 0 Å². The largest absolute Gasteiger partial charge is 0.376 e. The smallest absolute Gasteiger partial charge is 0.258 e. The van der Waals surface area contributed by atoms with Gasteiger partial charge < -0.3 is 15.4 Å². The topological polar surface area (TPSA) is 67.4 Å². The standard InChI is InChI=1S/C25H23FN2O3/c26-22-15-18(17-7-2-1-3-8-17)12-13-20(22)25(30)28-23-11-5-4-10-21(23)24(29)27-16-19-9-6-14-31-19/h1-5,7-8,10-13,15,19H,6,9,14,16H2,(H,27,29)(H,28,30)/t19-/m0/s1. The molecule has 3 aromatic carbocycles. The molecule has 3 aromatic rings. The van der Waals surface area contributed by atoms with E-state index in [1.807, 2.05) is 30.3 Å². The summed E-state index contributed by atoms with van der Waals surface area (Å²) in [6.07, 6.45) is 1.92. The van der Waals surface area contributed by atoms with Crippen LogP contribution in [0.15, 0.2) is 72.8 Å². The van der Waals surface area contributed by atoms with Crippen molar-refractivity contribution in [1.82, 2.24) is 5.32 Å². The fourth-order valence-corrected chi connectivity index (χ4v) is 3.60. The Morgan fingerprint density at radius 3 is 2.42 bits per heavy atom. The number of carbonyl (C=O) groups excluding carboxylic acids is 2. The maximum atomic E-state index is 14.7. The van der Waals surface area contributed by atoms with Crippen LogP contribution >= 0.6 is 0 Å². The molecule has 31 heavy (non-hydrogen) atoms. The van der Waals surface area contributed by atoms with E-state index in [2.05, 4.69) is 10.6 Å². The Kier molecular flexibility index (Phi) is 6.38. The summed E-state index contributed by atoms with van der Waals surface area (Å²) in [6.45, 7) is 1.12. The van der Waals surface area contributed by atoms with E-state index in [0.29, 0.717) is 30.0 Å². The molecule has 1 aliphatic rings. The molecule has 1 heterocycles. The van der Waals surface area contributed by atoms with E-state index in [-0.39, 0.29) is 17.6 Å². The van der Waals surface area contributed by atoms with Crippen LogP contribution < -0.4 is 10.6 Å².